The number of aliphatic hydroxyl groups is 1. The van der Waals surface area contributed by atoms with E-state index in [1.54, 1.807) is 10.9 Å². The summed E-state index contributed by atoms with van der Waals surface area (Å²) in [6.45, 7) is 2.58. The van der Waals surface area contributed by atoms with Crippen molar-refractivity contribution in [1.29, 1.82) is 0 Å². The van der Waals surface area contributed by atoms with Crippen LogP contribution in [0.3, 0.4) is 0 Å². The van der Waals surface area contributed by atoms with E-state index in [2.05, 4.69) is 10.1 Å². The van der Waals surface area contributed by atoms with E-state index >= 15 is 0 Å². The standard InChI is InChI=1S/C10H14N4OS/c1-7-8(4-13(2)12-7)5-14-9(6-15)3-11-10(14)16/h3-4,15H,5-6H2,1-2H3,(H,11,16). The van der Waals surface area contributed by atoms with E-state index in [0.29, 0.717) is 11.3 Å². The van der Waals surface area contributed by atoms with Gasteiger partial charge in [-0.3, -0.25) is 4.68 Å². The molecular weight excluding hydrogens is 224 g/mol. The Balaban J connectivity index is 2.36. The van der Waals surface area contributed by atoms with Crippen molar-refractivity contribution in [3.05, 3.63) is 34.1 Å². The molecule has 2 aromatic heterocycles. The molecule has 2 heterocycles. The molecule has 86 valence electrons. The fourth-order valence-corrected chi connectivity index (χ4v) is 1.95. The fraction of sp³-hybridized carbons (Fsp3) is 0.400. The first-order valence-electron chi connectivity index (χ1n) is 4.99. The fourth-order valence-electron chi connectivity index (χ4n) is 1.71. The number of rotatable bonds is 3. The van der Waals surface area contributed by atoms with Crippen molar-refractivity contribution in [2.45, 2.75) is 20.1 Å². The minimum Gasteiger partial charge on any atom is -0.390 e. The van der Waals surface area contributed by atoms with Gasteiger partial charge in [-0.25, -0.2) is 0 Å². The van der Waals surface area contributed by atoms with Gasteiger partial charge >= 0.3 is 0 Å². The molecular formula is C10H14N4OS. The van der Waals surface area contributed by atoms with Gasteiger partial charge in [0, 0.05) is 25.0 Å². The number of nitrogens with zero attached hydrogens (tertiary/aromatic N) is 3. The van der Waals surface area contributed by atoms with Crippen molar-refractivity contribution in [3.8, 4) is 0 Å². The van der Waals surface area contributed by atoms with E-state index in [4.69, 9.17) is 12.2 Å². The van der Waals surface area contributed by atoms with Crippen LogP contribution in [0.4, 0.5) is 0 Å². The summed E-state index contributed by atoms with van der Waals surface area (Å²) < 4.78 is 4.27. The summed E-state index contributed by atoms with van der Waals surface area (Å²) in [7, 11) is 1.89. The van der Waals surface area contributed by atoms with Crippen LogP contribution < -0.4 is 0 Å². The maximum Gasteiger partial charge on any atom is 0.177 e. The maximum absolute atomic E-state index is 9.18. The predicted octanol–water partition coefficient (Wildman–Crippen LogP) is 1.13. The zero-order valence-electron chi connectivity index (χ0n) is 9.27. The largest absolute Gasteiger partial charge is 0.390 e. The molecule has 0 aliphatic carbocycles. The molecule has 0 fully saturated rings. The average Bonchev–Trinajstić information content (AvgIpc) is 2.73. The molecule has 0 aliphatic rings. The van der Waals surface area contributed by atoms with Crippen molar-refractivity contribution >= 4 is 12.2 Å². The highest BCUT2D eigenvalue weighted by Crippen LogP contribution is 2.10. The Labute approximate surface area is 98.3 Å². The summed E-state index contributed by atoms with van der Waals surface area (Å²) in [6.07, 6.45) is 3.69. The second-order valence-corrected chi connectivity index (χ2v) is 4.13. The van der Waals surface area contributed by atoms with Crippen molar-refractivity contribution < 1.29 is 5.11 Å². The summed E-state index contributed by atoms with van der Waals surface area (Å²) in [5.41, 5.74) is 2.87. The Morgan fingerprint density at radius 2 is 2.31 bits per heavy atom. The topological polar surface area (TPSA) is 58.8 Å². The van der Waals surface area contributed by atoms with E-state index in [1.807, 2.05) is 24.7 Å². The lowest BCUT2D eigenvalue weighted by atomic mass is 10.2. The van der Waals surface area contributed by atoms with E-state index < -0.39 is 0 Å². The normalized spacial score (nSPS) is 10.9. The smallest absolute Gasteiger partial charge is 0.177 e. The Hall–Kier alpha value is -1.40. The molecule has 0 saturated carbocycles. The number of imidazole rings is 1. The summed E-state index contributed by atoms with van der Waals surface area (Å²) in [4.78, 5) is 2.93. The summed E-state index contributed by atoms with van der Waals surface area (Å²) in [6, 6.07) is 0. The van der Waals surface area contributed by atoms with Crippen LogP contribution in [0.25, 0.3) is 0 Å². The molecule has 2 rings (SSSR count). The van der Waals surface area contributed by atoms with Gasteiger partial charge in [0.2, 0.25) is 0 Å². The molecule has 0 aromatic carbocycles. The van der Waals surface area contributed by atoms with E-state index in [-0.39, 0.29) is 6.61 Å². The van der Waals surface area contributed by atoms with Gasteiger partial charge in [0.05, 0.1) is 24.5 Å². The lowest BCUT2D eigenvalue weighted by Gasteiger charge is -2.04. The summed E-state index contributed by atoms with van der Waals surface area (Å²) in [5, 5.41) is 13.4. The van der Waals surface area contributed by atoms with Crippen LogP contribution in [-0.4, -0.2) is 24.4 Å². The van der Waals surface area contributed by atoms with Gasteiger partial charge in [-0.1, -0.05) is 0 Å². The van der Waals surface area contributed by atoms with Gasteiger partial charge in [-0.15, -0.1) is 0 Å². The highest BCUT2D eigenvalue weighted by atomic mass is 32.1. The van der Waals surface area contributed by atoms with Crippen LogP contribution in [0.2, 0.25) is 0 Å². The second kappa shape index (κ2) is 4.23. The SMILES string of the molecule is Cc1nn(C)cc1Cn1c(CO)c[nH]c1=S. The number of hydrogen-bond donors (Lipinski definition) is 2. The average molecular weight is 238 g/mol. The third-order valence-corrected chi connectivity index (χ3v) is 2.90. The molecule has 0 aliphatic heterocycles. The number of H-pyrrole nitrogens is 1. The Bertz CT molecular complexity index is 551. The number of hydrogen-bond acceptors (Lipinski definition) is 3. The summed E-state index contributed by atoms with van der Waals surface area (Å²) >= 11 is 5.16. The quantitative estimate of drug-likeness (QED) is 0.788. The number of aromatic amines is 1. The highest BCUT2D eigenvalue weighted by molar-refractivity contribution is 7.71. The molecule has 0 radical (unpaired) electrons. The number of nitrogens with one attached hydrogen (secondary N) is 1. The number of aryl methyl sites for hydroxylation is 2. The summed E-state index contributed by atoms with van der Waals surface area (Å²) in [5.74, 6) is 0. The number of aliphatic hydroxyl groups excluding tert-OH is 1. The zero-order chi connectivity index (χ0) is 11.7. The predicted molar refractivity (Wildman–Crippen MR) is 62.6 cm³/mol. The first-order chi connectivity index (χ1) is 7.61. The van der Waals surface area contributed by atoms with Crippen LogP contribution in [0.5, 0.6) is 0 Å². The van der Waals surface area contributed by atoms with Crippen LogP contribution in [0.15, 0.2) is 12.4 Å². The molecule has 6 heteroatoms. The molecule has 2 aromatic rings. The van der Waals surface area contributed by atoms with Gasteiger partial charge in [0.15, 0.2) is 4.77 Å². The first kappa shape index (κ1) is 11.1. The Kier molecular flexibility index (Phi) is 2.93. The highest BCUT2D eigenvalue weighted by Gasteiger charge is 2.07. The third kappa shape index (κ3) is 1.94. The molecule has 5 nitrogen and oxygen atoms in total. The van der Waals surface area contributed by atoms with Crippen molar-refractivity contribution in [2.24, 2.45) is 7.05 Å². The van der Waals surface area contributed by atoms with E-state index in [0.717, 1.165) is 17.0 Å². The molecule has 0 saturated heterocycles. The van der Waals surface area contributed by atoms with Crippen molar-refractivity contribution in [3.63, 3.8) is 0 Å². The van der Waals surface area contributed by atoms with Crippen LogP contribution in [0.1, 0.15) is 17.0 Å². The molecule has 0 bridgehead atoms. The van der Waals surface area contributed by atoms with Crippen LogP contribution in [0, 0.1) is 11.7 Å². The van der Waals surface area contributed by atoms with E-state index in [9.17, 15) is 5.11 Å². The molecule has 0 unspecified atom stereocenters. The van der Waals surface area contributed by atoms with Gasteiger partial charge in [-0.05, 0) is 19.1 Å². The maximum atomic E-state index is 9.18. The van der Waals surface area contributed by atoms with Gasteiger partial charge in [0.1, 0.15) is 0 Å². The number of aromatic nitrogens is 4. The molecule has 0 atom stereocenters. The minimum atomic E-state index is -0.0214. The Morgan fingerprint density at radius 3 is 2.88 bits per heavy atom. The monoisotopic (exact) mass is 238 g/mol. The van der Waals surface area contributed by atoms with Crippen molar-refractivity contribution in [1.82, 2.24) is 19.3 Å². The molecule has 0 spiro atoms. The lowest BCUT2D eigenvalue weighted by Crippen LogP contribution is -2.04. The molecule has 16 heavy (non-hydrogen) atoms. The van der Waals surface area contributed by atoms with Gasteiger partial charge in [-0.2, -0.15) is 5.10 Å². The van der Waals surface area contributed by atoms with Crippen LogP contribution >= 0.6 is 12.2 Å². The second-order valence-electron chi connectivity index (χ2n) is 3.74. The zero-order valence-corrected chi connectivity index (χ0v) is 10.1. The van der Waals surface area contributed by atoms with E-state index in [1.165, 1.54) is 0 Å². The van der Waals surface area contributed by atoms with Gasteiger partial charge in [0.25, 0.3) is 0 Å². The third-order valence-electron chi connectivity index (χ3n) is 2.56. The minimum absolute atomic E-state index is 0.0214. The van der Waals surface area contributed by atoms with Crippen molar-refractivity contribution in [2.75, 3.05) is 0 Å². The Morgan fingerprint density at radius 1 is 1.56 bits per heavy atom. The molecule has 0 amide bonds. The molecule has 2 N–H and O–H groups in total. The lowest BCUT2D eigenvalue weighted by molar-refractivity contribution is 0.271. The first-order valence-corrected chi connectivity index (χ1v) is 5.39. The van der Waals surface area contributed by atoms with Crippen LogP contribution in [-0.2, 0) is 20.2 Å². The van der Waals surface area contributed by atoms with Gasteiger partial charge < -0.3 is 14.7 Å².